The molecule has 6 atom stereocenters. The van der Waals surface area contributed by atoms with Gasteiger partial charge in [0.15, 0.2) is 0 Å². The van der Waals surface area contributed by atoms with Crippen molar-refractivity contribution in [3.8, 4) is 0 Å². The minimum atomic E-state index is -1.14. The second-order valence-corrected chi connectivity index (χ2v) is 10.3. The number of esters is 1. The van der Waals surface area contributed by atoms with Gasteiger partial charge in [-0.2, -0.15) is 0 Å². The number of carbonyl (C=O) groups is 3. The van der Waals surface area contributed by atoms with Crippen molar-refractivity contribution in [1.29, 1.82) is 0 Å². The SMILES string of the molecule is C=CCOC(=O)[C@H]1[C@H]2C(=O)N([C@@H](CO)C(C)C)C(C(=O)N(CC=C)C(C)C)C23CC[C@]1(C)O3. The van der Waals surface area contributed by atoms with Crippen LogP contribution >= 0.6 is 0 Å². The van der Waals surface area contributed by atoms with Crippen molar-refractivity contribution >= 4 is 17.8 Å². The predicted octanol–water partition coefficient (Wildman–Crippen LogP) is 1.92. The summed E-state index contributed by atoms with van der Waals surface area (Å²) in [5, 5.41) is 10.2. The van der Waals surface area contributed by atoms with Crippen molar-refractivity contribution in [3.63, 3.8) is 0 Å². The highest BCUT2D eigenvalue weighted by Gasteiger charge is 2.79. The number of hydrogen-bond acceptors (Lipinski definition) is 6. The topological polar surface area (TPSA) is 96.4 Å². The van der Waals surface area contributed by atoms with Gasteiger partial charge in [0.05, 0.1) is 24.2 Å². The van der Waals surface area contributed by atoms with Crippen LogP contribution in [-0.4, -0.2) is 81.8 Å². The molecule has 0 aliphatic carbocycles. The molecule has 3 aliphatic heterocycles. The molecule has 2 unspecified atom stereocenters. The van der Waals surface area contributed by atoms with Crippen LogP contribution in [0.2, 0.25) is 0 Å². The lowest BCUT2D eigenvalue weighted by Gasteiger charge is -2.41. The van der Waals surface area contributed by atoms with Gasteiger partial charge in [0.2, 0.25) is 11.8 Å². The highest BCUT2D eigenvalue weighted by molar-refractivity contribution is 5.98. The third-order valence-corrected chi connectivity index (χ3v) is 7.59. The molecule has 0 aromatic carbocycles. The number of ether oxygens (including phenoxy) is 2. The highest BCUT2D eigenvalue weighted by atomic mass is 16.6. The zero-order valence-electron chi connectivity index (χ0n) is 20.5. The second-order valence-electron chi connectivity index (χ2n) is 10.3. The number of aliphatic hydroxyl groups excluding tert-OH is 1. The van der Waals surface area contributed by atoms with E-state index in [0.29, 0.717) is 19.4 Å². The van der Waals surface area contributed by atoms with Crippen molar-refractivity contribution < 1.29 is 29.0 Å². The molecule has 0 aromatic heterocycles. The first kappa shape index (κ1) is 25.4. The van der Waals surface area contributed by atoms with Gasteiger partial charge in [-0.25, -0.2) is 0 Å². The van der Waals surface area contributed by atoms with E-state index < -0.39 is 41.1 Å². The Morgan fingerprint density at radius 3 is 2.45 bits per heavy atom. The summed E-state index contributed by atoms with van der Waals surface area (Å²) >= 11 is 0. The van der Waals surface area contributed by atoms with Crippen LogP contribution < -0.4 is 0 Å². The number of rotatable bonds is 10. The first-order chi connectivity index (χ1) is 15.5. The molecule has 0 aromatic rings. The summed E-state index contributed by atoms with van der Waals surface area (Å²) in [7, 11) is 0. The Morgan fingerprint density at radius 2 is 1.94 bits per heavy atom. The van der Waals surface area contributed by atoms with Gasteiger partial charge in [-0.15, -0.1) is 6.58 Å². The molecule has 0 saturated carbocycles. The number of aliphatic hydroxyl groups is 1. The van der Waals surface area contributed by atoms with Gasteiger partial charge in [-0.1, -0.05) is 32.6 Å². The van der Waals surface area contributed by atoms with Gasteiger partial charge in [-0.05, 0) is 39.5 Å². The van der Waals surface area contributed by atoms with Crippen LogP contribution in [0.15, 0.2) is 25.3 Å². The van der Waals surface area contributed by atoms with Gasteiger partial charge in [0, 0.05) is 12.6 Å². The Labute approximate surface area is 196 Å². The van der Waals surface area contributed by atoms with Crippen molar-refractivity contribution in [1.82, 2.24) is 9.80 Å². The van der Waals surface area contributed by atoms with E-state index >= 15 is 0 Å². The summed E-state index contributed by atoms with van der Waals surface area (Å²) in [6.07, 6.45) is 4.16. The first-order valence-electron chi connectivity index (χ1n) is 11.8. The maximum absolute atomic E-state index is 14.0. The fraction of sp³-hybridized carbons (Fsp3) is 0.720. The summed E-state index contributed by atoms with van der Waals surface area (Å²) in [5.74, 6) is -2.85. The zero-order valence-corrected chi connectivity index (χ0v) is 20.5. The summed E-state index contributed by atoms with van der Waals surface area (Å²) in [6.45, 7) is 16.9. The van der Waals surface area contributed by atoms with Crippen LogP contribution in [0.25, 0.3) is 0 Å². The Balaban J connectivity index is 2.14. The minimum absolute atomic E-state index is 0.0388. The van der Waals surface area contributed by atoms with Crippen molar-refractivity contribution in [3.05, 3.63) is 25.3 Å². The maximum atomic E-state index is 14.0. The molecule has 3 heterocycles. The van der Waals surface area contributed by atoms with E-state index in [9.17, 15) is 19.5 Å². The third kappa shape index (κ3) is 3.81. The average molecular weight is 463 g/mol. The average Bonchev–Trinajstić information content (AvgIpc) is 3.31. The fourth-order valence-corrected chi connectivity index (χ4v) is 6.06. The summed E-state index contributed by atoms with van der Waals surface area (Å²) < 4.78 is 11.9. The van der Waals surface area contributed by atoms with Crippen LogP contribution in [0.3, 0.4) is 0 Å². The predicted molar refractivity (Wildman–Crippen MR) is 123 cm³/mol. The quantitative estimate of drug-likeness (QED) is 0.394. The molecule has 1 spiro atoms. The van der Waals surface area contributed by atoms with Gasteiger partial charge in [-0.3, -0.25) is 14.4 Å². The van der Waals surface area contributed by atoms with Crippen LogP contribution in [0.5, 0.6) is 0 Å². The normalized spacial score (nSPS) is 33.4. The smallest absolute Gasteiger partial charge is 0.313 e. The lowest BCUT2D eigenvalue weighted by molar-refractivity contribution is -0.162. The highest BCUT2D eigenvalue weighted by Crippen LogP contribution is 2.63. The molecule has 0 radical (unpaired) electrons. The molecule has 184 valence electrons. The van der Waals surface area contributed by atoms with E-state index in [4.69, 9.17) is 9.47 Å². The number of likely N-dealkylation sites (tertiary alicyclic amines) is 1. The maximum Gasteiger partial charge on any atom is 0.313 e. The zero-order chi connectivity index (χ0) is 24.7. The number of nitrogens with zero attached hydrogens (tertiary/aromatic N) is 2. The van der Waals surface area contributed by atoms with Crippen LogP contribution in [-0.2, 0) is 23.9 Å². The first-order valence-corrected chi connectivity index (χ1v) is 11.8. The van der Waals surface area contributed by atoms with E-state index in [0.717, 1.165) is 0 Å². The molecule has 8 nitrogen and oxygen atoms in total. The number of amides is 2. The monoisotopic (exact) mass is 462 g/mol. The van der Waals surface area contributed by atoms with E-state index in [1.54, 1.807) is 11.0 Å². The van der Waals surface area contributed by atoms with E-state index in [-0.39, 0.29) is 37.0 Å². The largest absolute Gasteiger partial charge is 0.461 e. The molecular formula is C25H38N2O6. The lowest BCUT2D eigenvalue weighted by atomic mass is 9.66. The lowest BCUT2D eigenvalue weighted by Crippen LogP contribution is -2.60. The van der Waals surface area contributed by atoms with E-state index in [1.807, 2.05) is 34.6 Å². The van der Waals surface area contributed by atoms with Gasteiger partial charge >= 0.3 is 5.97 Å². The summed E-state index contributed by atoms with van der Waals surface area (Å²) in [5.41, 5.74) is -2.03. The third-order valence-electron chi connectivity index (χ3n) is 7.59. The molecule has 2 bridgehead atoms. The molecule has 3 fully saturated rings. The molecule has 3 saturated heterocycles. The molecule has 1 N–H and O–H groups in total. The summed E-state index contributed by atoms with van der Waals surface area (Å²) in [4.78, 5) is 44.3. The Morgan fingerprint density at radius 1 is 1.27 bits per heavy atom. The Bertz CT molecular complexity index is 826. The van der Waals surface area contributed by atoms with Crippen molar-refractivity contribution in [2.45, 2.75) is 76.8 Å². The van der Waals surface area contributed by atoms with Crippen LogP contribution in [0.4, 0.5) is 0 Å². The Hall–Kier alpha value is -2.19. The second kappa shape index (κ2) is 9.22. The number of hydrogen-bond donors (Lipinski definition) is 1. The van der Waals surface area contributed by atoms with E-state index in [2.05, 4.69) is 13.2 Å². The van der Waals surface area contributed by atoms with Gasteiger partial charge in [0.25, 0.3) is 0 Å². The van der Waals surface area contributed by atoms with Crippen LogP contribution in [0, 0.1) is 17.8 Å². The number of carbonyl (C=O) groups excluding carboxylic acids is 3. The molecule has 8 heteroatoms. The Kier molecular flexibility index (Phi) is 7.10. The van der Waals surface area contributed by atoms with Crippen molar-refractivity contribution in [2.24, 2.45) is 17.8 Å². The van der Waals surface area contributed by atoms with Crippen molar-refractivity contribution in [2.75, 3.05) is 19.8 Å². The van der Waals surface area contributed by atoms with Gasteiger partial charge < -0.3 is 24.4 Å². The standard InChI is InChI=1S/C25H38N2O6/c1-8-12-26(16(5)6)22(30)20-25-11-10-24(7,33-25)19(23(31)32-13-9-2)18(25)21(29)27(20)17(14-28)15(3)4/h8-9,15-20,28H,1-2,10-14H2,3-7H3/t17-,18-,19+,20?,24-,25?/m0/s1. The number of fused-ring (bicyclic) bond motifs is 1. The molecular weight excluding hydrogens is 424 g/mol. The summed E-state index contributed by atoms with van der Waals surface area (Å²) in [6, 6.07) is -1.64. The fourth-order valence-electron chi connectivity index (χ4n) is 6.06. The molecule has 3 rings (SSSR count). The van der Waals surface area contributed by atoms with Gasteiger partial charge in [0.1, 0.15) is 24.2 Å². The minimum Gasteiger partial charge on any atom is -0.461 e. The molecule has 3 aliphatic rings. The molecule has 2 amide bonds. The molecule has 33 heavy (non-hydrogen) atoms. The van der Waals surface area contributed by atoms with E-state index in [1.165, 1.54) is 11.0 Å². The van der Waals surface area contributed by atoms with Crippen LogP contribution in [0.1, 0.15) is 47.5 Å².